The van der Waals surface area contributed by atoms with E-state index >= 15 is 0 Å². The number of esters is 1. The summed E-state index contributed by atoms with van der Waals surface area (Å²) in [7, 11) is -1.54. The number of methoxy groups -OCH3 is 1. The monoisotopic (exact) mass is 582 g/mol. The minimum Gasteiger partial charge on any atom is -0.465 e. The van der Waals surface area contributed by atoms with E-state index in [9.17, 15) is 14.9 Å². The molecule has 0 saturated heterocycles. The van der Waals surface area contributed by atoms with Crippen LogP contribution in [0.25, 0.3) is 0 Å². The Kier molecular flexibility index (Phi) is 7.59. The molecule has 9 heteroatoms. The highest BCUT2D eigenvalue weighted by Crippen LogP contribution is 2.48. The van der Waals surface area contributed by atoms with Gasteiger partial charge in [0.1, 0.15) is 5.69 Å². The molecule has 0 aliphatic heterocycles. The molecule has 0 aromatic heterocycles. The van der Waals surface area contributed by atoms with Gasteiger partial charge in [0.15, 0.2) is 0 Å². The summed E-state index contributed by atoms with van der Waals surface area (Å²) in [5, 5.41) is 17.4. The molecule has 3 aromatic carbocycles. The summed E-state index contributed by atoms with van der Waals surface area (Å²) < 4.78 is 12.5. The number of nitro groups is 1. The second-order valence-electron chi connectivity index (χ2n) is 10.4. The van der Waals surface area contributed by atoms with Crippen LogP contribution in [0.3, 0.4) is 0 Å². The van der Waals surface area contributed by atoms with Crippen LogP contribution in [0.4, 0.5) is 11.4 Å². The second kappa shape index (κ2) is 10.4. The first-order valence-corrected chi connectivity index (χ1v) is 14.8. The SMILES string of the molecule is COC(=O)c1cc(Br)c(NCC2(O[Si](c3ccccc3)(c3ccccc3)C(C)(C)C)CC2)c([N+](=O)[O-])c1. The molecule has 194 valence electrons. The van der Waals surface area contributed by atoms with Gasteiger partial charge in [0.25, 0.3) is 14.0 Å². The molecule has 0 spiro atoms. The first-order chi connectivity index (χ1) is 17.5. The van der Waals surface area contributed by atoms with Gasteiger partial charge in [-0.1, -0.05) is 81.4 Å². The highest BCUT2D eigenvalue weighted by molar-refractivity contribution is 9.10. The van der Waals surface area contributed by atoms with Gasteiger partial charge in [0, 0.05) is 17.1 Å². The van der Waals surface area contributed by atoms with Crippen molar-refractivity contribution in [3.05, 3.63) is 92.9 Å². The number of hydrogen-bond donors (Lipinski definition) is 1. The number of nitrogens with one attached hydrogen (secondary N) is 1. The first-order valence-electron chi connectivity index (χ1n) is 12.1. The van der Waals surface area contributed by atoms with E-state index in [4.69, 9.17) is 9.16 Å². The molecule has 1 saturated carbocycles. The number of carbonyl (C=O) groups excluding carboxylic acids is 1. The Labute approximate surface area is 226 Å². The van der Waals surface area contributed by atoms with Gasteiger partial charge in [-0.2, -0.15) is 0 Å². The Morgan fingerprint density at radius 3 is 2.03 bits per heavy atom. The van der Waals surface area contributed by atoms with Gasteiger partial charge >= 0.3 is 5.97 Å². The molecule has 1 fully saturated rings. The molecule has 4 rings (SSSR count). The number of nitrogens with zero attached hydrogens (tertiary/aromatic N) is 1. The fraction of sp³-hybridized carbons (Fsp3) is 0.321. The van der Waals surface area contributed by atoms with Gasteiger partial charge in [-0.3, -0.25) is 10.1 Å². The summed E-state index contributed by atoms with van der Waals surface area (Å²) in [6, 6.07) is 23.6. The van der Waals surface area contributed by atoms with Crippen LogP contribution in [0.1, 0.15) is 44.0 Å². The summed E-state index contributed by atoms with van der Waals surface area (Å²) in [4.78, 5) is 23.4. The molecule has 1 N–H and O–H groups in total. The third-order valence-electron chi connectivity index (χ3n) is 6.87. The molecule has 0 bridgehead atoms. The molecule has 0 unspecified atom stereocenters. The zero-order valence-corrected chi connectivity index (χ0v) is 24.0. The second-order valence-corrected chi connectivity index (χ2v) is 15.5. The van der Waals surface area contributed by atoms with Crippen molar-refractivity contribution in [2.24, 2.45) is 0 Å². The number of hydrogen-bond acceptors (Lipinski definition) is 6. The third kappa shape index (κ3) is 5.34. The maximum atomic E-state index is 12.0. The molecule has 37 heavy (non-hydrogen) atoms. The van der Waals surface area contributed by atoms with E-state index in [0.29, 0.717) is 16.7 Å². The number of ether oxygens (including phenoxy) is 1. The average molecular weight is 584 g/mol. The van der Waals surface area contributed by atoms with Crippen molar-refractivity contribution in [3.63, 3.8) is 0 Å². The van der Waals surface area contributed by atoms with E-state index in [1.165, 1.54) is 29.6 Å². The summed E-state index contributed by atoms with van der Waals surface area (Å²) >= 11 is 3.41. The predicted octanol–water partition coefficient (Wildman–Crippen LogP) is 5.67. The quantitative estimate of drug-likeness (QED) is 0.151. The molecule has 1 aliphatic carbocycles. The minimum absolute atomic E-state index is 0.108. The lowest BCUT2D eigenvalue weighted by molar-refractivity contribution is -0.384. The van der Waals surface area contributed by atoms with Crippen molar-refractivity contribution < 1.29 is 18.9 Å². The van der Waals surface area contributed by atoms with Crippen LogP contribution in [0.15, 0.2) is 77.3 Å². The largest absolute Gasteiger partial charge is 0.465 e. The minimum atomic E-state index is -2.78. The van der Waals surface area contributed by atoms with Crippen LogP contribution >= 0.6 is 15.9 Å². The summed E-state index contributed by atoms with van der Waals surface area (Å²) in [6.45, 7) is 7.09. The van der Waals surface area contributed by atoms with Crippen LogP contribution < -0.4 is 15.7 Å². The lowest BCUT2D eigenvalue weighted by Crippen LogP contribution is -2.68. The van der Waals surface area contributed by atoms with E-state index in [-0.39, 0.29) is 16.3 Å². The van der Waals surface area contributed by atoms with Crippen molar-refractivity contribution in [2.45, 2.75) is 44.3 Å². The number of nitro benzene ring substituents is 1. The highest BCUT2D eigenvalue weighted by Gasteiger charge is 2.58. The summed E-state index contributed by atoms with van der Waals surface area (Å²) in [6.07, 6.45) is 1.69. The van der Waals surface area contributed by atoms with Gasteiger partial charge in [-0.15, -0.1) is 0 Å². The Morgan fingerprint density at radius 1 is 1.05 bits per heavy atom. The molecular formula is C28H31BrN2O5Si. The maximum Gasteiger partial charge on any atom is 0.338 e. The normalized spacial score (nSPS) is 14.6. The van der Waals surface area contributed by atoms with Crippen LogP contribution in [-0.2, 0) is 9.16 Å². The van der Waals surface area contributed by atoms with Gasteiger partial charge in [0.2, 0.25) is 0 Å². The van der Waals surface area contributed by atoms with Gasteiger partial charge < -0.3 is 14.5 Å². The molecule has 7 nitrogen and oxygen atoms in total. The zero-order chi connectivity index (χ0) is 26.8. The molecule has 0 heterocycles. The molecule has 3 aromatic rings. The summed E-state index contributed by atoms with van der Waals surface area (Å²) in [5.74, 6) is -0.635. The third-order valence-corrected chi connectivity index (χ3v) is 12.6. The van der Waals surface area contributed by atoms with Gasteiger partial charge in [-0.25, -0.2) is 4.79 Å². The van der Waals surface area contributed by atoms with Crippen molar-refractivity contribution in [1.82, 2.24) is 0 Å². The van der Waals surface area contributed by atoms with Crippen LogP contribution in [0.5, 0.6) is 0 Å². The lowest BCUT2D eigenvalue weighted by atomic mass is 10.1. The standard InChI is InChI=1S/C28H31BrN2O5Si/c1-27(2,3)37(21-11-7-5-8-12-21,22-13-9-6-10-14-22)36-28(15-16-28)19-30-25-23(29)17-20(26(32)35-4)18-24(25)31(33)34/h5-14,17-18,30H,15-16,19H2,1-4H3. The molecule has 0 amide bonds. The molecule has 0 atom stereocenters. The zero-order valence-electron chi connectivity index (χ0n) is 21.4. The van der Waals surface area contributed by atoms with Crippen molar-refractivity contribution in [1.29, 1.82) is 0 Å². The van der Waals surface area contributed by atoms with Crippen LogP contribution in [0, 0.1) is 10.1 Å². The lowest BCUT2D eigenvalue weighted by Gasteiger charge is -2.45. The fourth-order valence-electron chi connectivity index (χ4n) is 4.82. The predicted molar refractivity (Wildman–Crippen MR) is 151 cm³/mol. The Hall–Kier alpha value is -3.01. The van der Waals surface area contributed by atoms with E-state index in [0.717, 1.165) is 12.8 Å². The van der Waals surface area contributed by atoms with E-state index < -0.39 is 24.8 Å². The number of benzene rings is 3. The van der Waals surface area contributed by atoms with E-state index in [1.54, 1.807) is 0 Å². The van der Waals surface area contributed by atoms with Crippen LogP contribution in [-0.4, -0.2) is 38.5 Å². The van der Waals surface area contributed by atoms with E-state index in [1.807, 2.05) is 12.1 Å². The molecule has 0 radical (unpaired) electrons. The summed E-state index contributed by atoms with van der Waals surface area (Å²) in [5.41, 5.74) is -0.248. The van der Waals surface area contributed by atoms with Crippen molar-refractivity contribution in [3.8, 4) is 0 Å². The number of rotatable bonds is 9. The molecular weight excluding hydrogens is 552 g/mol. The van der Waals surface area contributed by atoms with Gasteiger partial charge in [0.05, 0.1) is 23.2 Å². The first kappa shape index (κ1) is 27.0. The highest BCUT2D eigenvalue weighted by atomic mass is 79.9. The Bertz CT molecular complexity index is 1250. The number of carbonyl (C=O) groups is 1. The topological polar surface area (TPSA) is 90.7 Å². The van der Waals surface area contributed by atoms with E-state index in [2.05, 4.69) is 90.5 Å². The fourth-order valence-corrected chi connectivity index (χ4v) is 10.3. The Balaban J connectivity index is 1.72. The number of halogens is 1. The van der Waals surface area contributed by atoms with Crippen LogP contribution in [0.2, 0.25) is 5.04 Å². The maximum absolute atomic E-state index is 12.0. The smallest absolute Gasteiger partial charge is 0.338 e. The average Bonchev–Trinajstić information content (AvgIpc) is 3.65. The number of anilines is 1. The van der Waals surface area contributed by atoms with Crippen molar-refractivity contribution >= 4 is 52.0 Å². The molecule has 1 aliphatic rings. The van der Waals surface area contributed by atoms with Gasteiger partial charge in [-0.05, 0) is 50.2 Å². The van der Waals surface area contributed by atoms with Crippen molar-refractivity contribution in [2.75, 3.05) is 19.0 Å². The Morgan fingerprint density at radius 2 is 1.59 bits per heavy atom.